The standard InChI is InChI=1S/C18H22FN3O6/c1-2-9-3-5-10(6-4-9)15(26)18(20)12(19)7-22(17(27)21-18)16-14(25)13(24)11(8-23)28-16/h3-7,11,13-14,16,23-25H,2,8,20H2,1H3,(H,21,27)/t11-,13-,14-,16-,18?/m1/s1. The van der Waals surface area contributed by atoms with Crippen LogP contribution in [0.5, 0.6) is 0 Å². The van der Waals surface area contributed by atoms with Crippen LogP contribution in [0.1, 0.15) is 22.8 Å². The lowest BCUT2D eigenvalue weighted by Crippen LogP contribution is -2.68. The first-order valence-corrected chi connectivity index (χ1v) is 8.76. The van der Waals surface area contributed by atoms with E-state index >= 15 is 0 Å². The molecule has 1 fully saturated rings. The lowest BCUT2D eigenvalue weighted by molar-refractivity contribution is -0.0679. The number of rotatable bonds is 5. The lowest BCUT2D eigenvalue weighted by atomic mass is 9.95. The van der Waals surface area contributed by atoms with Crippen LogP contribution in [0, 0.1) is 0 Å². The van der Waals surface area contributed by atoms with Gasteiger partial charge in [0.15, 0.2) is 12.1 Å². The number of aliphatic hydroxyl groups is 3. The maximum absolute atomic E-state index is 14.8. The number of carbonyl (C=O) groups is 2. The number of hydrogen-bond acceptors (Lipinski definition) is 7. The molecule has 1 saturated heterocycles. The monoisotopic (exact) mass is 395 g/mol. The van der Waals surface area contributed by atoms with E-state index < -0.39 is 54.5 Å². The molecule has 10 heteroatoms. The second kappa shape index (κ2) is 7.57. The van der Waals surface area contributed by atoms with Gasteiger partial charge in [-0.1, -0.05) is 31.2 Å². The van der Waals surface area contributed by atoms with Gasteiger partial charge in [-0.3, -0.25) is 15.4 Å². The molecule has 1 aromatic rings. The summed E-state index contributed by atoms with van der Waals surface area (Å²) in [5.74, 6) is -2.02. The van der Waals surface area contributed by atoms with E-state index in [1.807, 2.05) is 6.92 Å². The summed E-state index contributed by atoms with van der Waals surface area (Å²) in [4.78, 5) is 25.8. The number of aliphatic hydroxyl groups excluding tert-OH is 3. The van der Waals surface area contributed by atoms with E-state index in [0.717, 1.165) is 12.0 Å². The van der Waals surface area contributed by atoms with Crippen LogP contribution in [0.4, 0.5) is 9.18 Å². The van der Waals surface area contributed by atoms with Crippen molar-refractivity contribution in [2.45, 2.75) is 43.5 Å². The van der Waals surface area contributed by atoms with Crippen molar-refractivity contribution < 1.29 is 34.0 Å². The van der Waals surface area contributed by atoms with Crippen molar-refractivity contribution in [2.75, 3.05) is 6.61 Å². The number of nitrogens with one attached hydrogen (secondary N) is 1. The molecule has 5 atom stereocenters. The van der Waals surface area contributed by atoms with E-state index in [1.165, 1.54) is 12.1 Å². The van der Waals surface area contributed by atoms with Crippen molar-refractivity contribution >= 4 is 11.8 Å². The number of ether oxygens (including phenoxy) is 1. The number of amides is 2. The predicted molar refractivity (Wildman–Crippen MR) is 94.4 cm³/mol. The summed E-state index contributed by atoms with van der Waals surface area (Å²) in [6, 6.07) is 5.39. The SMILES string of the molecule is CCc1ccc(C(=O)C2(N)NC(=O)N([C@@H]3O[C@H](CO)[C@@H](O)[C@H]3O)C=C2F)cc1. The Labute approximate surface area is 160 Å². The molecule has 2 heterocycles. The molecular formula is C18H22FN3O6. The topological polar surface area (TPSA) is 145 Å². The fraction of sp³-hybridized carbons (Fsp3) is 0.444. The quantitative estimate of drug-likeness (QED) is 0.417. The van der Waals surface area contributed by atoms with Gasteiger partial charge >= 0.3 is 6.03 Å². The van der Waals surface area contributed by atoms with Gasteiger partial charge in [-0.15, -0.1) is 0 Å². The van der Waals surface area contributed by atoms with E-state index in [4.69, 9.17) is 15.6 Å². The molecule has 2 aliphatic heterocycles. The summed E-state index contributed by atoms with van der Waals surface area (Å²) in [6.45, 7) is 1.33. The third-order valence-electron chi connectivity index (χ3n) is 4.94. The van der Waals surface area contributed by atoms with E-state index in [0.29, 0.717) is 11.1 Å². The third-order valence-corrected chi connectivity index (χ3v) is 4.94. The van der Waals surface area contributed by atoms with Crippen molar-refractivity contribution in [3.8, 4) is 0 Å². The van der Waals surface area contributed by atoms with Crippen molar-refractivity contribution in [1.82, 2.24) is 10.2 Å². The normalized spacial score (nSPS) is 32.9. The molecule has 0 saturated carbocycles. The fourth-order valence-corrected chi connectivity index (χ4v) is 3.16. The van der Waals surface area contributed by atoms with Gasteiger partial charge in [0.25, 0.3) is 0 Å². The molecule has 0 spiro atoms. The van der Waals surface area contributed by atoms with Crippen molar-refractivity contribution in [3.63, 3.8) is 0 Å². The number of aryl methyl sites for hydroxylation is 1. The Balaban J connectivity index is 1.87. The number of nitrogens with zero attached hydrogens (tertiary/aromatic N) is 1. The molecule has 28 heavy (non-hydrogen) atoms. The molecule has 152 valence electrons. The Kier molecular flexibility index (Phi) is 5.50. The summed E-state index contributed by atoms with van der Waals surface area (Å²) in [5, 5.41) is 31.1. The first-order chi connectivity index (χ1) is 13.2. The van der Waals surface area contributed by atoms with E-state index in [2.05, 4.69) is 5.32 Å². The molecule has 0 bridgehead atoms. The first-order valence-electron chi connectivity index (χ1n) is 8.76. The molecule has 0 aliphatic carbocycles. The first kappa shape index (κ1) is 20.4. The number of urea groups is 1. The fourth-order valence-electron chi connectivity index (χ4n) is 3.16. The van der Waals surface area contributed by atoms with Gasteiger partial charge in [0.1, 0.15) is 18.3 Å². The summed E-state index contributed by atoms with van der Waals surface area (Å²) >= 11 is 0. The zero-order valence-electron chi connectivity index (χ0n) is 15.1. The van der Waals surface area contributed by atoms with Crippen LogP contribution in [0.2, 0.25) is 0 Å². The Bertz CT molecular complexity index is 801. The smallest absolute Gasteiger partial charge is 0.325 e. The van der Waals surface area contributed by atoms with E-state index in [-0.39, 0.29) is 5.56 Å². The molecule has 1 aromatic carbocycles. The number of nitrogens with two attached hydrogens (primary N) is 1. The highest BCUT2D eigenvalue weighted by Gasteiger charge is 2.51. The van der Waals surface area contributed by atoms with Gasteiger partial charge in [0.05, 0.1) is 6.61 Å². The van der Waals surface area contributed by atoms with Crippen LogP contribution in [-0.4, -0.2) is 68.8 Å². The molecule has 0 radical (unpaired) electrons. The Hall–Kier alpha value is -2.37. The minimum Gasteiger partial charge on any atom is -0.394 e. The van der Waals surface area contributed by atoms with Gasteiger partial charge in [0.2, 0.25) is 11.4 Å². The van der Waals surface area contributed by atoms with Gasteiger partial charge in [-0.2, -0.15) is 0 Å². The number of benzene rings is 1. The predicted octanol–water partition coefficient (Wildman–Crippen LogP) is -0.638. The van der Waals surface area contributed by atoms with Gasteiger partial charge in [-0.25, -0.2) is 9.18 Å². The van der Waals surface area contributed by atoms with E-state index in [9.17, 15) is 24.2 Å². The Morgan fingerprint density at radius 2 is 1.96 bits per heavy atom. The number of carbonyl (C=O) groups excluding carboxylic acids is 2. The number of halogens is 1. The van der Waals surface area contributed by atoms with Crippen molar-refractivity contribution in [2.24, 2.45) is 5.73 Å². The lowest BCUT2D eigenvalue weighted by Gasteiger charge is -2.37. The number of hydrogen-bond donors (Lipinski definition) is 5. The van der Waals surface area contributed by atoms with Gasteiger partial charge in [-0.05, 0) is 12.0 Å². The molecule has 0 aromatic heterocycles. The number of ketones is 1. The van der Waals surface area contributed by atoms with Crippen molar-refractivity contribution in [3.05, 3.63) is 47.4 Å². The molecule has 2 aliphatic rings. The average Bonchev–Trinajstić information content (AvgIpc) is 2.98. The van der Waals surface area contributed by atoms with Gasteiger partial charge < -0.3 is 25.4 Å². The molecule has 6 N–H and O–H groups in total. The molecule has 9 nitrogen and oxygen atoms in total. The van der Waals surface area contributed by atoms with Crippen molar-refractivity contribution in [1.29, 1.82) is 0 Å². The highest BCUT2D eigenvalue weighted by atomic mass is 19.1. The van der Waals surface area contributed by atoms with Crippen LogP contribution in [0.15, 0.2) is 36.3 Å². The van der Waals surface area contributed by atoms with Crippen LogP contribution < -0.4 is 11.1 Å². The molecule has 3 rings (SSSR count). The second-order valence-electron chi connectivity index (χ2n) is 6.73. The average molecular weight is 395 g/mol. The Morgan fingerprint density at radius 3 is 2.50 bits per heavy atom. The second-order valence-corrected chi connectivity index (χ2v) is 6.73. The number of Topliss-reactive ketones (excluding diaryl/α,β-unsaturated/α-hetero) is 1. The summed E-state index contributed by atoms with van der Waals surface area (Å²) in [5.41, 5.74) is 4.54. The maximum atomic E-state index is 14.8. The summed E-state index contributed by atoms with van der Waals surface area (Å²) < 4.78 is 20.0. The minimum atomic E-state index is -2.42. The third kappa shape index (κ3) is 3.29. The Morgan fingerprint density at radius 1 is 1.32 bits per heavy atom. The zero-order chi connectivity index (χ0) is 20.6. The zero-order valence-corrected chi connectivity index (χ0v) is 15.1. The highest BCUT2D eigenvalue weighted by molar-refractivity contribution is 6.07. The van der Waals surface area contributed by atoms with Crippen LogP contribution >= 0.6 is 0 Å². The minimum absolute atomic E-state index is 0.116. The largest absolute Gasteiger partial charge is 0.394 e. The molecule has 1 unspecified atom stereocenters. The summed E-state index contributed by atoms with van der Waals surface area (Å²) in [6.07, 6.45) is -4.25. The van der Waals surface area contributed by atoms with E-state index in [1.54, 1.807) is 12.1 Å². The van der Waals surface area contributed by atoms with Crippen LogP contribution in [0.3, 0.4) is 0 Å². The highest BCUT2D eigenvalue weighted by Crippen LogP contribution is 2.30. The summed E-state index contributed by atoms with van der Waals surface area (Å²) in [7, 11) is 0. The molecule has 2 amide bonds. The van der Waals surface area contributed by atoms with Crippen LogP contribution in [-0.2, 0) is 11.2 Å². The van der Waals surface area contributed by atoms with Crippen LogP contribution in [0.25, 0.3) is 0 Å². The maximum Gasteiger partial charge on any atom is 0.325 e. The molecular weight excluding hydrogens is 373 g/mol. The van der Waals surface area contributed by atoms with Gasteiger partial charge in [0, 0.05) is 11.8 Å².